The quantitative estimate of drug-likeness (QED) is 0.0386. The maximum atomic E-state index is 16.2. The van der Waals surface area contributed by atoms with Gasteiger partial charge in [-0.1, -0.05) is 73.5 Å². The van der Waals surface area contributed by atoms with Crippen molar-refractivity contribution >= 4 is 70.5 Å². The number of fused-ring (bicyclic) bond motifs is 15. The van der Waals surface area contributed by atoms with Crippen LogP contribution in [0.2, 0.25) is 10.0 Å². The van der Waals surface area contributed by atoms with Crippen molar-refractivity contribution in [3.05, 3.63) is 159 Å². The number of aliphatic hydroxyl groups is 6. The number of carboxylic acids is 1. The van der Waals surface area contributed by atoms with E-state index in [4.69, 9.17) is 62.1 Å². The van der Waals surface area contributed by atoms with Gasteiger partial charge in [-0.2, -0.15) is 0 Å². The molecule has 6 aromatic rings. The number of aromatic hydroxyl groups is 3. The number of hydrogen-bond donors (Lipinski definition) is 19. The number of aliphatic carboxylic acids is 1. The van der Waals surface area contributed by atoms with Crippen LogP contribution in [0.15, 0.2) is 116 Å². The van der Waals surface area contributed by atoms with Gasteiger partial charge in [0.1, 0.15) is 95.2 Å². The monoisotopic (exact) mass is 1610 g/mol. The number of nitrogens with one attached hydrogen (secondary N) is 8. The number of likely N-dealkylation sites (N-methyl/N-ethyl adjacent to an activating group) is 1. The summed E-state index contributed by atoms with van der Waals surface area (Å²) in [6.45, 7) is 10.3. The van der Waals surface area contributed by atoms with E-state index in [1.54, 1.807) is 32.1 Å². The second kappa shape index (κ2) is 35.3. The number of rotatable bonds is 20. The highest BCUT2D eigenvalue weighted by Gasteiger charge is 2.52. The molecule has 0 aliphatic carbocycles. The van der Waals surface area contributed by atoms with Crippen molar-refractivity contribution < 1.29 is 123 Å². The van der Waals surface area contributed by atoms with Gasteiger partial charge in [-0.05, 0) is 134 Å². The summed E-state index contributed by atoms with van der Waals surface area (Å²) in [5.74, 6) is -15.4. The predicted molar refractivity (Wildman–Crippen MR) is 399 cm³/mol. The van der Waals surface area contributed by atoms with Crippen LogP contribution in [0.5, 0.6) is 51.7 Å². The summed E-state index contributed by atoms with van der Waals surface area (Å²) < 4.78 is 45.1. The Hall–Kier alpha value is -10.4. The highest BCUT2D eigenvalue weighted by molar-refractivity contribution is 6.32. The molecule has 18 atom stereocenters. The van der Waals surface area contributed by atoms with E-state index in [0.29, 0.717) is 18.8 Å². The molecule has 34 nitrogen and oxygen atoms in total. The summed E-state index contributed by atoms with van der Waals surface area (Å²) in [6.07, 6.45) is -16.3. The molecule has 36 heteroatoms. The van der Waals surface area contributed by atoms with E-state index in [9.17, 15) is 75.0 Å². The lowest BCUT2D eigenvalue weighted by atomic mass is 9.84. The molecule has 0 aromatic heterocycles. The molecule has 13 rings (SSSR count). The minimum absolute atomic E-state index is 0.105. The lowest BCUT2D eigenvalue weighted by Crippen LogP contribution is -2.65. The number of halogens is 2. The smallest absolute Gasteiger partial charge is 0.330 e. The van der Waals surface area contributed by atoms with Crippen LogP contribution in [0.1, 0.15) is 117 Å². The summed E-state index contributed by atoms with van der Waals surface area (Å²) in [4.78, 5) is 118. The second-order valence-corrected chi connectivity index (χ2v) is 29.4. The molecular formula is C77H87Cl2N9O25. The van der Waals surface area contributed by atoms with Crippen LogP contribution in [0.3, 0.4) is 0 Å². The van der Waals surface area contributed by atoms with Crippen LogP contribution in [-0.2, 0) is 59.1 Å². The average molecular weight is 1610 g/mol. The Labute approximate surface area is 655 Å². The molecule has 7 amide bonds. The first-order valence-electron chi connectivity index (χ1n) is 35.9. The van der Waals surface area contributed by atoms with E-state index >= 15 is 14.4 Å². The third-order valence-electron chi connectivity index (χ3n) is 19.9. The lowest BCUT2D eigenvalue weighted by molar-refractivity contribution is -0.334. The molecule has 2 fully saturated rings. The number of carbonyl (C=O) groups excluding carboxylic acids is 7. The minimum atomic E-state index is -2.36. The van der Waals surface area contributed by atoms with Crippen molar-refractivity contribution in [2.45, 2.75) is 169 Å². The Morgan fingerprint density at radius 2 is 1.35 bits per heavy atom. The van der Waals surface area contributed by atoms with E-state index in [2.05, 4.69) is 49.1 Å². The first-order valence-corrected chi connectivity index (χ1v) is 36.7. The van der Waals surface area contributed by atoms with E-state index in [0.717, 1.165) is 72.3 Å². The fourth-order valence-corrected chi connectivity index (χ4v) is 14.4. The number of carbonyl (C=O) groups is 8. The topological polar surface area (TPSA) is 526 Å². The Morgan fingerprint density at radius 1 is 0.726 bits per heavy atom. The van der Waals surface area contributed by atoms with E-state index in [1.807, 2.05) is 26.0 Å². The van der Waals surface area contributed by atoms with E-state index in [1.165, 1.54) is 19.2 Å². The molecule has 20 N–H and O–H groups in total. The van der Waals surface area contributed by atoms with Crippen LogP contribution in [-0.4, -0.2) is 198 Å². The Morgan fingerprint density at radius 3 is 1.96 bits per heavy atom. The van der Waals surface area contributed by atoms with Gasteiger partial charge in [0.05, 0.1) is 47.9 Å². The van der Waals surface area contributed by atoms with Crippen molar-refractivity contribution in [1.29, 1.82) is 0 Å². The summed E-state index contributed by atoms with van der Waals surface area (Å²) in [5.41, 5.74) is 2.47. The molecule has 7 aliphatic rings. The fraction of sp³-hybridized carbons (Fsp3) is 0.403. The highest BCUT2D eigenvalue weighted by Crippen LogP contribution is 2.50. The van der Waals surface area contributed by atoms with Crippen molar-refractivity contribution in [2.24, 2.45) is 11.7 Å². The van der Waals surface area contributed by atoms with Crippen LogP contribution in [0.25, 0.3) is 11.1 Å². The summed E-state index contributed by atoms with van der Waals surface area (Å²) in [6, 6.07) is 6.56. The zero-order valence-electron chi connectivity index (χ0n) is 61.4. The molecule has 11 bridgehead atoms. The maximum absolute atomic E-state index is 16.2. The van der Waals surface area contributed by atoms with Gasteiger partial charge in [-0.25, -0.2) is 4.79 Å². The molecule has 113 heavy (non-hydrogen) atoms. The summed E-state index contributed by atoms with van der Waals surface area (Å²) in [5, 5.41) is 136. The number of benzene rings is 6. The number of nitrogens with two attached hydrogens (primary N) is 1. The standard InChI is InChI=1S/C77H87Cl2N9O25/c1-7-8-19-107-40-14-9-34(10-15-40)30-82-77(5)29-55(108-33(4)68(77)98)112-67-65(97)64(96)53(31-89)111-76(67)113-66-51-24-38-25-52(66)110-50-18-13-37(23-44(50)79)63(95)61-74(104)86-59(75(105)106)42-26-39(90)27-48(92)56(42)41-21-35(11-16-47(41)91)57(71(101)88-61)85-72(102)58(38)84-70(100)46(28-54(80)93)83-73(103)60(87-69(99)45(81-6)20-32(2)3)62(94)36-12-17-49(109-51)43(78)22-36/h7,9-18,21-27,32-33,45-46,53,55,57-65,67-68,76,81-82,89-92,94-98H,1,8,19-20,28-31H2,2-6H3,(H2,80,93)(H,83,103)(H,84,100)(H,85,102)(H,86,104)(H,87,99)(H,88,101)(H,105,106)/t33-,45+,46-,53+,55-,57+,58+,59-,60+,61-,62+,63+,64+,65-,67+,68+,76-,77-/m0/s1. The molecule has 7 heterocycles. The zero-order valence-corrected chi connectivity index (χ0v) is 62.9. The molecule has 604 valence electrons. The van der Waals surface area contributed by atoms with E-state index < -0.39 is 237 Å². The van der Waals surface area contributed by atoms with Gasteiger partial charge in [0.15, 0.2) is 29.9 Å². The number of hydrogen-bond acceptors (Lipinski definition) is 26. The SMILES string of the molecule is C=CCCOc1ccc(CN[C@@]2(C)C[C@H](O[C@H]3[C@H](Oc4c5cc6cc4Oc4ccc(cc4Cl)[C@@H](O)[C@@H](NC(=O)[C@@H](CC(C)C)NC)C(=O)N[C@@H](CC(N)=O)C(=O)N[C@H]6C(=O)N[C@H]4C(=O)N[C@H](C(=O)N[C@H](C(=O)O)c6cc(O)cc(O)c6-c6cc4ccc6O)[C@H](O)c4ccc(c(Cl)c4)O5)O[C@H](CO)[C@@H](O)[C@@H]3O)O[C@@H](C)[C@H]2O)cc1. The molecule has 6 aromatic carbocycles. The van der Waals surface area contributed by atoms with Gasteiger partial charge in [0.25, 0.3) is 0 Å². The first kappa shape index (κ1) is 83.5. The molecule has 0 saturated carbocycles. The normalized spacial score (nSPS) is 27.5. The van der Waals surface area contributed by atoms with Crippen molar-refractivity contribution in [3.63, 3.8) is 0 Å². The summed E-state index contributed by atoms with van der Waals surface area (Å²) >= 11 is 14.3. The molecule has 0 spiro atoms. The lowest BCUT2D eigenvalue weighted by Gasteiger charge is -2.48. The van der Waals surface area contributed by atoms with Gasteiger partial charge >= 0.3 is 5.97 Å². The number of phenols is 3. The Balaban J connectivity index is 1.11. The third kappa shape index (κ3) is 18.6. The number of amides is 7. The van der Waals surface area contributed by atoms with E-state index in [-0.39, 0.29) is 52.8 Å². The fourth-order valence-electron chi connectivity index (χ4n) is 13.9. The molecule has 2 saturated heterocycles. The Bertz CT molecular complexity index is 4620. The number of carboxylic acid groups (broad SMARTS) is 1. The number of aliphatic hydroxyl groups excluding tert-OH is 6. The van der Waals surface area contributed by atoms with Crippen LogP contribution >= 0.6 is 23.2 Å². The number of ether oxygens (including phenoxy) is 7. The van der Waals surface area contributed by atoms with Crippen molar-refractivity contribution in [3.8, 4) is 62.9 Å². The highest BCUT2D eigenvalue weighted by atomic mass is 35.5. The molecular weight excluding hydrogens is 1520 g/mol. The van der Waals surface area contributed by atoms with Crippen molar-refractivity contribution in [2.75, 3.05) is 20.3 Å². The number of phenolic OH excluding ortho intramolecular Hbond substituents is 3. The van der Waals surface area contributed by atoms with Gasteiger partial charge in [0, 0.05) is 41.3 Å². The summed E-state index contributed by atoms with van der Waals surface area (Å²) in [7, 11) is 1.48. The van der Waals surface area contributed by atoms with Gasteiger partial charge in [-0.3, -0.25) is 33.6 Å². The molecule has 7 aliphatic heterocycles. The van der Waals surface area contributed by atoms with Crippen LogP contribution < -0.4 is 67.2 Å². The molecule has 0 unspecified atom stereocenters. The van der Waals surface area contributed by atoms with Crippen LogP contribution in [0.4, 0.5) is 0 Å². The van der Waals surface area contributed by atoms with Crippen LogP contribution in [0, 0.1) is 5.92 Å². The minimum Gasteiger partial charge on any atom is -0.508 e. The third-order valence-corrected chi connectivity index (χ3v) is 20.5. The maximum Gasteiger partial charge on any atom is 0.330 e. The number of primary amides is 1. The van der Waals surface area contributed by atoms with Gasteiger partial charge in [-0.15, -0.1) is 6.58 Å². The largest absolute Gasteiger partial charge is 0.508 e. The second-order valence-electron chi connectivity index (χ2n) is 28.5. The predicted octanol–water partition coefficient (Wildman–Crippen LogP) is 2.89. The van der Waals surface area contributed by atoms with Gasteiger partial charge < -0.3 is 132 Å². The first-order chi connectivity index (χ1) is 53.7. The average Bonchev–Trinajstić information content (AvgIpc) is 0.758. The Kier molecular flexibility index (Phi) is 26.1. The van der Waals surface area contributed by atoms with Gasteiger partial charge in [0.2, 0.25) is 53.4 Å². The van der Waals surface area contributed by atoms with Crippen molar-refractivity contribution in [1.82, 2.24) is 42.5 Å². The zero-order chi connectivity index (χ0) is 81.8. The molecule has 0 radical (unpaired) electrons.